The minimum atomic E-state index is -4.24. The third-order valence-electron chi connectivity index (χ3n) is 14.8. The van der Waals surface area contributed by atoms with Crippen LogP contribution in [0.1, 0.15) is 137 Å². The molecule has 0 aliphatic carbocycles. The molecule has 0 amide bonds. The number of nitrogens with one attached hydrogen (secondary N) is 1. The van der Waals surface area contributed by atoms with Crippen molar-refractivity contribution in [2.45, 2.75) is 127 Å². The average Bonchev–Trinajstić information content (AvgIpc) is 3.97. The number of benzene rings is 6. The fourth-order valence-corrected chi connectivity index (χ4v) is 11.5. The van der Waals surface area contributed by atoms with Crippen LogP contribution < -0.4 is 5.32 Å². The van der Waals surface area contributed by atoms with Gasteiger partial charge in [0.2, 0.25) is 0 Å². The van der Waals surface area contributed by atoms with Crippen LogP contribution in [-0.4, -0.2) is 63.3 Å². The van der Waals surface area contributed by atoms with Gasteiger partial charge in [0.05, 0.1) is 32.2 Å². The smallest absolute Gasteiger partial charge is 0.353 e. The van der Waals surface area contributed by atoms with Crippen molar-refractivity contribution in [2.75, 3.05) is 38.1 Å². The van der Waals surface area contributed by atoms with Crippen LogP contribution in [0.5, 0.6) is 0 Å². The van der Waals surface area contributed by atoms with E-state index in [1.807, 2.05) is 114 Å². The van der Waals surface area contributed by atoms with Gasteiger partial charge < -0.3 is 33.5 Å². The highest BCUT2D eigenvalue weighted by Gasteiger charge is 2.40. The molecule has 8 rings (SSSR count). The van der Waals surface area contributed by atoms with Crippen LogP contribution in [0.3, 0.4) is 0 Å². The monoisotopic (exact) mass is 1100 g/mol. The first-order chi connectivity index (χ1) is 39.4. The number of fused-ring (bicyclic) bond motifs is 1. The maximum atomic E-state index is 13.8. The van der Waals surface area contributed by atoms with Gasteiger partial charge in [-0.1, -0.05) is 259 Å². The summed E-state index contributed by atoms with van der Waals surface area (Å²) in [5.41, 5.74) is 4.91. The zero-order chi connectivity index (χ0) is 55.4. The SMILES string of the molecule is CCCCCCCC/C=C\CCCCCCCCOCCCOP(=O)(O)CO[C@H](COC(c1ccccc1)(c1ccccc1)c1ccccc1)Cn1cnc2c(NC(c3ccccc3)(c3ccccc3)c3ccccc3)ncnc21. The van der Waals surface area contributed by atoms with Crippen LogP contribution in [0.25, 0.3) is 11.2 Å². The summed E-state index contributed by atoms with van der Waals surface area (Å²) in [6.07, 6.45) is 24.8. The Labute approximate surface area is 475 Å². The fourth-order valence-electron chi connectivity index (χ4n) is 10.6. The molecule has 0 saturated carbocycles. The molecular weight excluding hydrogens is 1010 g/mol. The largest absolute Gasteiger partial charge is 0.381 e. The number of hydrogen-bond acceptors (Lipinski definition) is 9. The molecule has 420 valence electrons. The van der Waals surface area contributed by atoms with E-state index in [4.69, 9.17) is 33.7 Å². The van der Waals surface area contributed by atoms with Crippen molar-refractivity contribution in [3.63, 3.8) is 0 Å². The molecule has 0 spiro atoms. The molecule has 6 aromatic carbocycles. The summed E-state index contributed by atoms with van der Waals surface area (Å²) in [7, 11) is -4.24. The Morgan fingerprint density at radius 2 is 1.00 bits per heavy atom. The van der Waals surface area contributed by atoms with Crippen molar-refractivity contribution in [3.05, 3.63) is 240 Å². The van der Waals surface area contributed by atoms with Gasteiger partial charge in [-0.2, -0.15) is 0 Å². The van der Waals surface area contributed by atoms with Gasteiger partial charge in [0.15, 0.2) is 11.5 Å². The molecule has 2 heterocycles. The Morgan fingerprint density at radius 3 is 1.50 bits per heavy atom. The standard InChI is InChI=1S/C68H82N5O6P/c1-2-3-4-5-6-7-8-9-10-11-12-13-14-15-16-35-49-76-50-36-51-79-80(74,75)56-77-63(53-78-68(60-43-29-20-30-44-60,61-45-31-21-32-46-61)62-47-33-22-34-48-62)52-73-55-71-64-65(69-54-70-66(64)73)72-67(57-37-23-17-24-38-57,58-39-25-18-26-40-58)59-41-27-19-28-42-59/h9-10,17-34,37-48,54-55,63H,2-8,11-16,35-36,49-53,56H2,1H3,(H,74,75)(H,69,70,72)/b10-9-/t63-/m0/s1. The van der Waals surface area contributed by atoms with E-state index < -0.39 is 31.2 Å². The van der Waals surface area contributed by atoms with Crippen molar-refractivity contribution in [2.24, 2.45) is 0 Å². The Kier molecular flexibility index (Phi) is 23.8. The lowest BCUT2D eigenvalue weighted by molar-refractivity contribution is -0.0629. The second kappa shape index (κ2) is 32.0. The maximum absolute atomic E-state index is 13.8. The summed E-state index contributed by atoms with van der Waals surface area (Å²) in [4.78, 5) is 25.9. The van der Waals surface area contributed by atoms with Gasteiger partial charge in [-0.15, -0.1) is 0 Å². The second-order valence-corrected chi connectivity index (χ2v) is 22.4. The molecule has 80 heavy (non-hydrogen) atoms. The van der Waals surface area contributed by atoms with Crippen LogP contribution >= 0.6 is 7.60 Å². The maximum Gasteiger partial charge on any atom is 0.353 e. The highest BCUT2D eigenvalue weighted by molar-refractivity contribution is 7.52. The summed E-state index contributed by atoms with van der Waals surface area (Å²) >= 11 is 0. The van der Waals surface area contributed by atoms with E-state index >= 15 is 0 Å². The number of aromatic nitrogens is 4. The number of anilines is 1. The summed E-state index contributed by atoms with van der Waals surface area (Å²) in [5, 5.41) is 3.88. The van der Waals surface area contributed by atoms with Crippen LogP contribution in [0, 0.1) is 0 Å². The highest BCUT2D eigenvalue weighted by Crippen LogP contribution is 2.44. The molecule has 0 fully saturated rings. The zero-order valence-electron chi connectivity index (χ0n) is 46.8. The van der Waals surface area contributed by atoms with Gasteiger partial charge in [0.1, 0.15) is 29.3 Å². The first kappa shape index (κ1) is 59.6. The molecule has 1 unspecified atom stereocenters. The molecule has 0 saturated heterocycles. The summed E-state index contributed by atoms with van der Waals surface area (Å²) < 4.78 is 41.0. The second-order valence-electron chi connectivity index (χ2n) is 20.6. The van der Waals surface area contributed by atoms with E-state index in [1.54, 1.807) is 6.33 Å². The molecule has 12 heteroatoms. The quantitative estimate of drug-likeness (QED) is 0.0168. The van der Waals surface area contributed by atoms with E-state index in [0.717, 1.165) is 46.2 Å². The number of unbranched alkanes of at least 4 members (excludes halogenated alkanes) is 12. The van der Waals surface area contributed by atoms with Crippen molar-refractivity contribution in [1.82, 2.24) is 19.5 Å². The lowest BCUT2D eigenvalue weighted by Gasteiger charge is -2.37. The van der Waals surface area contributed by atoms with Crippen molar-refractivity contribution < 1.29 is 28.2 Å². The summed E-state index contributed by atoms with van der Waals surface area (Å²) in [6, 6.07) is 61.3. The molecular formula is C68H82N5O6P. The lowest BCUT2D eigenvalue weighted by Crippen LogP contribution is -2.38. The highest BCUT2D eigenvalue weighted by atomic mass is 31.2. The third kappa shape index (κ3) is 16.8. The van der Waals surface area contributed by atoms with Gasteiger partial charge in [0, 0.05) is 13.2 Å². The van der Waals surface area contributed by atoms with Gasteiger partial charge in [-0.3, -0.25) is 4.57 Å². The summed E-state index contributed by atoms with van der Waals surface area (Å²) in [6.45, 7) is 3.59. The van der Waals surface area contributed by atoms with Gasteiger partial charge in [0.25, 0.3) is 0 Å². The number of nitrogens with zero attached hydrogens (tertiary/aromatic N) is 4. The Morgan fingerprint density at radius 1 is 0.550 bits per heavy atom. The van der Waals surface area contributed by atoms with E-state index in [1.165, 1.54) is 83.4 Å². The number of rotatable bonds is 37. The predicted octanol–water partition coefficient (Wildman–Crippen LogP) is 16.2. The number of allylic oxidation sites excluding steroid dienone is 2. The number of imidazole rings is 1. The molecule has 8 aromatic rings. The fraction of sp³-hybridized carbons (Fsp3) is 0.368. The number of ether oxygens (including phenoxy) is 3. The van der Waals surface area contributed by atoms with Crippen molar-refractivity contribution >= 4 is 24.6 Å². The Bertz CT molecular complexity index is 2850. The topological polar surface area (TPSA) is 130 Å². The van der Waals surface area contributed by atoms with Crippen molar-refractivity contribution in [1.29, 1.82) is 0 Å². The van der Waals surface area contributed by atoms with E-state index in [-0.39, 0.29) is 19.8 Å². The molecule has 0 bridgehead atoms. The molecule has 2 atom stereocenters. The van der Waals surface area contributed by atoms with Gasteiger partial charge in [-0.25, -0.2) is 15.0 Å². The molecule has 0 radical (unpaired) electrons. The molecule has 2 aromatic heterocycles. The molecule has 11 nitrogen and oxygen atoms in total. The zero-order valence-corrected chi connectivity index (χ0v) is 47.7. The van der Waals surface area contributed by atoms with E-state index in [0.29, 0.717) is 36.6 Å². The van der Waals surface area contributed by atoms with E-state index in [9.17, 15) is 9.46 Å². The van der Waals surface area contributed by atoms with Crippen LogP contribution in [0.15, 0.2) is 207 Å². The lowest BCUT2D eigenvalue weighted by atomic mass is 9.77. The number of hydrogen-bond donors (Lipinski definition) is 2. The minimum Gasteiger partial charge on any atom is -0.381 e. The van der Waals surface area contributed by atoms with Gasteiger partial charge >= 0.3 is 7.60 Å². The Balaban J connectivity index is 0.936. The molecule has 0 aliphatic rings. The minimum absolute atomic E-state index is 0.00177. The van der Waals surface area contributed by atoms with E-state index in [2.05, 4.69) is 97.2 Å². The van der Waals surface area contributed by atoms with Crippen LogP contribution in [0.4, 0.5) is 5.82 Å². The third-order valence-corrected chi connectivity index (χ3v) is 15.8. The molecule has 0 aliphatic heterocycles. The first-order valence-electron chi connectivity index (χ1n) is 29.1. The first-order valence-corrected chi connectivity index (χ1v) is 30.9. The Hall–Kier alpha value is -6.56. The van der Waals surface area contributed by atoms with Crippen molar-refractivity contribution in [3.8, 4) is 0 Å². The van der Waals surface area contributed by atoms with Crippen LogP contribution in [-0.2, 0) is 41.0 Å². The van der Waals surface area contributed by atoms with Gasteiger partial charge in [-0.05, 0) is 71.9 Å². The summed E-state index contributed by atoms with van der Waals surface area (Å²) in [5.74, 6) is 0.524. The average molecular weight is 1100 g/mol. The molecule has 2 N–H and O–H groups in total. The predicted molar refractivity (Wildman–Crippen MR) is 324 cm³/mol. The normalized spacial score (nSPS) is 13.2. The van der Waals surface area contributed by atoms with Crippen LogP contribution in [0.2, 0.25) is 0 Å².